The van der Waals surface area contributed by atoms with Crippen molar-refractivity contribution in [1.82, 2.24) is 0 Å². The molecule has 0 spiro atoms. The molecule has 0 aliphatic carbocycles. The van der Waals surface area contributed by atoms with Crippen LogP contribution in [0.5, 0.6) is 0 Å². The van der Waals surface area contributed by atoms with Gasteiger partial charge in [0.1, 0.15) is 12.5 Å². The van der Waals surface area contributed by atoms with Crippen LogP contribution in [-0.4, -0.2) is 24.6 Å². The SMILES string of the molecule is Cc1ccc(NC(=O)CCl)c(COCC(F)(F)F)c1. The maximum Gasteiger partial charge on any atom is 0.411 e. The third kappa shape index (κ3) is 5.94. The lowest BCUT2D eigenvalue weighted by Crippen LogP contribution is -2.18. The summed E-state index contributed by atoms with van der Waals surface area (Å²) >= 11 is 5.36. The number of carbonyl (C=O) groups excluding carboxylic acids is 1. The molecule has 1 aromatic rings. The Bertz CT molecular complexity index is 449. The highest BCUT2D eigenvalue weighted by molar-refractivity contribution is 6.29. The molecule has 0 aliphatic heterocycles. The average Bonchev–Trinajstić information content (AvgIpc) is 2.30. The van der Waals surface area contributed by atoms with Crippen LogP contribution in [0.4, 0.5) is 18.9 Å². The molecule has 1 rings (SSSR count). The van der Waals surface area contributed by atoms with Gasteiger partial charge in [0.2, 0.25) is 5.91 Å². The van der Waals surface area contributed by atoms with Crippen molar-refractivity contribution in [3.05, 3.63) is 29.3 Å². The smallest absolute Gasteiger partial charge is 0.367 e. The number of aryl methyl sites for hydroxylation is 1. The first-order valence-corrected chi connectivity index (χ1v) is 5.95. The summed E-state index contributed by atoms with van der Waals surface area (Å²) in [6.07, 6.45) is -4.37. The van der Waals surface area contributed by atoms with Crippen LogP contribution in [-0.2, 0) is 16.1 Å². The summed E-state index contributed by atoms with van der Waals surface area (Å²) in [4.78, 5) is 11.2. The van der Waals surface area contributed by atoms with Crippen molar-refractivity contribution < 1.29 is 22.7 Å². The molecule has 0 unspecified atom stereocenters. The Morgan fingerprint density at radius 1 is 1.42 bits per heavy atom. The van der Waals surface area contributed by atoms with Gasteiger partial charge >= 0.3 is 6.18 Å². The number of halogens is 4. The van der Waals surface area contributed by atoms with Crippen LogP contribution in [0.2, 0.25) is 0 Å². The molecule has 0 aromatic heterocycles. The van der Waals surface area contributed by atoms with E-state index in [9.17, 15) is 18.0 Å². The van der Waals surface area contributed by atoms with E-state index in [0.29, 0.717) is 11.3 Å². The Balaban J connectivity index is 2.74. The number of anilines is 1. The highest BCUT2D eigenvalue weighted by Crippen LogP contribution is 2.21. The second-order valence-electron chi connectivity index (χ2n) is 3.95. The topological polar surface area (TPSA) is 38.3 Å². The maximum atomic E-state index is 12.0. The standard InChI is InChI=1S/C12H13ClF3NO2/c1-8-2-3-10(17-11(18)5-13)9(4-8)6-19-7-12(14,15)16/h2-4H,5-7H2,1H3,(H,17,18). The fourth-order valence-corrected chi connectivity index (χ4v) is 1.49. The summed E-state index contributed by atoms with van der Waals surface area (Å²) in [5.41, 5.74) is 1.73. The minimum Gasteiger partial charge on any atom is -0.367 e. The zero-order valence-corrected chi connectivity index (χ0v) is 10.9. The van der Waals surface area contributed by atoms with Crippen molar-refractivity contribution in [1.29, 1.82) is 0 Å². The minimum absolute atomic E-state index is 0.225. The van der Waals surface area contributed by atoms with Gasteiger partial charge in [-0.25, -0.2) is 0 Å². The molecule has 1 aromatic carbocycles. The molecular weight excluding hydrogens is 283 g/mol. The average molecular weight is 296 g/mol. The van der Waals surface area contributed by atoms with Crippen LogP contribution in [0.3, 0.4) is 0 Å². The first-order chi connectivity index (χ1) is 8.81. The quantitative estimate of drug-likeness (QED) is 0.847. The van der Waals surface area contributed by atoms with E-state index in [4.69, 9.17) is 11.6 Å². The number of hydrogen-bond acceptors (Lipinski definition) is 2. The molecule has 0 bridgehead atoms. The predicted octanol–water partition coefficient (Wildman–Crippen LogP) is 3.25. The van der Waals surface area contributed by atoms with Crippen LogP contribution >= 0.6 is 11.6 Å². The molecule has 1 amide bonds. The second kappa shape index (κ2) is 6.77. The Morgan fingerprint density at radius 3 is 2.68 bits per heavy atom. The number of amides is 1. The zero-order valence-electron chi connectivity index (χ0n) is 10.2. The van der Waals surface area contributed by atoms with Gasteiger partial charge in [-0.05, 0) is 13.0 Å². The summed E-state index contributed by atoms with van der Waals surface area (Å²) in [6.45, 7) is 0.226. The first kappa shape index (κ1) is 15.8. The van der Waals surface area contributed by atoms with Gasteiger partial charge in [0.25, 0.3) is 0 Å². The Morgan fingerprint density at radius 2 is 2.11 bits per heavy atom. The lowest BCUT2D eigenvalue weighted by Gasteiger charge is -2.13. The first-order valence-electron chi connectivity index (χ1n) is 5.41. The van der Waals surface area contributed by atoms with E-state index in [-0.39, 0.29) is 12.5 Å². The molecule has 0 saturated heterocycles. The molecule has 0 saturated carbocycles. The van der Waals surface area contributed by atoms with E-state index in [1.165, 1.54) is 0 Å². The summed E-state index contributed by atoms with van der Waals surface area (Å²) in [6, 6.07) is 4.99. The van der Waals surface area contributed by atoms with Crippen molar-refractivity contribution in [3.63, 3.8) is 0 Å². The highest BCUT2D eigenvalue weighted by atomic mass is 35.5. The summed E-state index contributed by atoms with van der Waals surface area (Å²) in [5.74, 6) is -0.654. The largest absolute Gasteiger partial charge is 0.411 e. The van der Waals surface area contributed by atoms with E-state index in [1.807, 2.05) is 0 Å². The predicted molar refractivity (Wildman–Crippen MR) is 66.2 cm³/mol. The molecule has 0 heterocycles. The normalized spacial score (nSPS) is 11.4. The minimum atomic E-state index is -4.37. The molecule has 7 heteroatoms. The van der Waals surface area contributed by atoms with Gasteiger partial charge in [-0.3, -0.25) is 4.79 Å². The van der Waals surface area contributed by atoms with Gasteiger partial charge < -0.3 is 10.1 Å². The van der Waals surface area contributed by atoms with Crippen molar-refractivity contribution in [2.45, 2.75) is 19.7 Å². The molecule has 1 N–H and O–H groups in total. The molecule has 106 valence electrons. The molecular formula is C12H13ClF3NO2. The van der Waals surface area contributed by atoms with Crippen LogP contribution in [0.15, 0.2) is 18.2 Å². The van der Waals surface area contributed by atoms with Gasteiger partial charge in [0.15, 0.2) is 0 Å². The zero-order chi connectivity index (χ0) is 14.5. The van der Waals surface area contributed by atoms with Crippen LogP contribution in [0.25, 0.3) is 0 Å². The van der Waals surface area contributed by atoms with Crippen molar-refractivity contribution in [3.8, 4) is 0 Å². The molecule has 19 heavy (non-hydrogen) atoms. The van der Waals surface area contributed by atoms with E-state index in [0.717, 1.165) is 5.56 Å². The summed E-state index contributed by atoms with van der Waals surface area (Å²) in [5, 5.41) is 2.50. The van der Waals surface area contributed by atoms with Crippen molar-refractivity contribution in [2.24, 2.45) is 0 Å². The number of hydrogen-bond donors (Lipinski definition) is 1. The number of benzene rings is 1. The molecule has 0 fully saturated rings. The van der Waals surface area contributed by atoms with Crippen LogP contribution in [0, 0.1) is 6.92 Å². The van der Waals surface area contributed by atoms with E-state index in [1.54, 1.807) is 25.1 Å². The van der Waals surface area contributed by atoms with E-state index in [2.05, 4.69) is 10.1 Å². The van der Waals surface area contributed by atoms with Gasteiger partial charge in [0.05, 0.1) is 6.61 Å². The summed E-state index contributed by atoms with van der Waals surface area (Å²) < 4.78 is 40.6. The number of alkyl halides is 4. The fraction of sp³-hybridized carbons (Fsp3) is 0.417. The Kier molecular flexibility index (Phi) is 5.62. The lowest BCUT2D eigenvalue weighted by atomic mass is 10.1. The van der Waals surface area contributed by atoms with E-state index >= 15 is 0 Å². The fourth-order valence-electron chi connectivity index (χ4n) is 1.42. The Hall–Kier alpha value is -1.27. The molecule has 0 radical (unpaired) electrons. The third-order valence-corrected chi connectivity index (χ3v) is 2.42. The van der Waals surface area contributed by atoms with Gasteiger partial charge in [-0.1, -0.05) is 17.7 Å². The van der Waals surface area contributed by atoms with Crippen molar-refractivity contribution >= 4 is 23.2 Å². The molecule has 0 aliphatic rings. The monoisotopic (exact) mass is 295 g/mol. The maximum absolute atomic E-state index is 12.0. The van der Waals surface area contributed by atoms with Gasteiger partial charge in [0, 0.05) is 11.3 Å². The highest BCUT2D eigenvalue weighted by Gasteiger charge is 2.27. The lowest BCUT2D eigenvalue weighted by molar-refractivity contribution is -0.176. The van der Waals surface area contributed by atoms with Crippen LogP contribution < -0.4 is 5.32 Å². The van der Waals surface area contributed by atoms with Crippen molar-refractivity contribution in [2.75, 3.05) is 17.8 Å². The molecule has 0 atom stereocenters. The van der Waals surface area contributed by atoms with Crippen LogP contribution in [0.1, 0.15) is 11.1 Å². The summed E-state index contributed by atoms with van der Waals surface area (Å²) in [7, 11) is 0. The number of nitrogens with one attached hydrogen (secondary N) is 1. The third-order valence-electron chi connectivity index (χ3n) is 2.18. The Labute approximate surface area is 113 Å². The van der Waals surface area contributed by atoms with Gasteiger partial charge in [-0.2, -0.15) is 13.2 Å². The number of carbonyl (C=O) groups is 1. The molecule has 3 nitrogen and oxygen atoms in total. The van der Waals surface area contributed by atoms with Gasteiger partial charge in [-0.15, -0.1) is 11.6 Å². The number of rotatable bonds is 5. The second-order valence-corrected chi connectivity index (χ2v) is 4.22. The van der Waals surface area contributed by atoms with E-state index < -0.39 is 18.7 Å². The number of ether oxygens (including phenoxy) is 1.